The predicted octanol–water partition coefficient (Wildman–Crippen LogP) is 3.58. The fourth-order valence-corrected chi connectivity index (χ4v) is 3.61. The Kier molecular flexibility index (Phi) is 4.34. The van der Waals surface area contributed by atoms with Gasteiger partial charge in [-0.25, -0.2) is 0 Å². The van der Waals surface area contributed by atoms with Crippen LogP contribution < -0.4 is 5.32 Å². The minimum atomic E-state index is -0.0816. The van der Waals surface area contributed by atoms with Crippen LogP contribution in [0.2, 0.25) is 0 Å². The number of carbonyl (C=O) groups excluding carboxylic acids is 1. The van der Waals surface area contributed by atoms with Crippen molar-refractivity contribution in [2.75, 3.05) is 6.54 Å². The number of rotatable bonds is 3. The zero-order chi connectivity index (χ0) is 10.7. The van der Waals surface area contributed by atoms with Crippen molar-refractivity contribution in [2.24, 2.45) is 0 Å². The summed E-state index contributed by atoms with van der Waals surface area (Å²) >= 11 is 8.13. The Morgan fingerprint density at radius 2 is 2.29 bits per heavy atom. The zero-order valence-electron chi connectivity index (χ0n) is 7.56. The molecule has 2 nitrogen and oxygen atoms in total. The molecule has 1 aromatic heterocycles. The molecular formula is C9H9Br2NOS. The van der Waals surface area contributed by atoms with Crippen LogP contribution in [-0.2, 0) is 0 Å². The number of hydrogen-bond acceptors (Lipinski definition) is 2. The highest BCUT2D eigenvalue weighted by Gasteiger charge is 2.12. The van der Waals surface area contributed by atoms with Crippen LogP contribution in [0, 0.1) is 0 Å². The Labute approximate surface area is 104 Å². The third-order valence-corrected chi connectivity index (χ3v) is 3.79. The van der Waals surface area contributed by atoms with E-state index < -0.39 is 0 Å². The minimum Gasteiger partial charge on any atom is -0.348 e. The van der Waals surface area contributed by atoms with Crippen LogP contribution in [0.5, 0.6) is 0 Å². The van der Waals surface area contributed by atoms with Crippen molar-refractivity contribution < 1.29 is 4.79 Å². The highest BCUT2D eigenvalue weighted by molar-refractivity contribution is 9.12. The van der Waals surface area contributed by atoms with Gasteiger partial charge in [-0.2, -0.15) is 0 Å². The molecule has 0 aliphatic rings. The first-order chi connectivity index (χ1) is 6.50. The largest absolute Gasteiger partial charge is 0.348 e. The van der Waals surface area contributed by atoms with Crippen LogP contribution in [0.25, 0.3) is 0 Å². The number of nitrogens with one attached hydrogen (secondary N) is 1. The Hall–Kier alpha value is -0.130. The summed E-state index contributed by atoms with van der Waals surface area (Å²) in [4.78, 5) is 11.6. The number of carbonyl (C=O) groups is 1. The van der Waals surface area contributed by atoms with Gasteiger partial charge in [0.1, 0.15) is 0 Å². The molecule has 0 aliphatic heterocycles. The van der Waals surface area contributed by atoms with Crippen LogP contribution in [0.1, 0.15) is 17.3 Å². The molecule has 1 N–H and O–H groups in total. The predicted molar refractivity (Wildman–Crippen MR) is 66.9 cm³/mol. The summed E-state index contributed by atoms with van der Waals surface area (Å²) < 4.78 is 1.77. The van der Waals surface area contributed by atoms with Crippen molar-refractivity contribution in [3.8, 4) is 0 Å². The van der Waals surface area contributed by atoms with E-state index in [-0.39, 0.29) is 5.91 Å². The zero-order valence-corrected chi connectivity index (χ0v) is 11.6. The average molecular weight is 339 g/mol. The van der Waals surface area contributed by atoms with E-state index in [1.165, 1.54) is 11.3 Å². The molecule has 0 aromatic carbocycles. The summed E-state index contributed by atoms with van der Waals surface area (Å²) in [5.74, 6) is -0.0816. The van der Waals surface area contributed by atoms with Gasteiger partial charge in [-0.1, -0.05) is 12.2 Å². The third kappa shape index (κ3) is 3.22. The number of hydrogen-bond donors (Lipinski definition) is 1. The molecule has 1 aromatic rings. The molecule has 0 radical (unpaired) electrons. The van der Waals surface area contributed by atoms with Crippen LogP contribution in [0.3, 0.4) is 0 Å². The second kappa shape index (κ2) is 5.09. The van der Waals surface area contributed by atoms with Crippen molar-refractivity contribution >= 4 is 49.1 Å². The number of halogens is 2. The quantitative estimate of drug-likeness (QED) is 0.838. The summed E-state index contributed by atoms with van der Waals surface area (Å²) in [5, 5.41) is 2.77. The lowest BCUT2D eigenvalue weighted by Crippen LogP contribution is -2.24. The minimum absolute atomic E-state index is 0.0816. The van der Waals surface area contributed by atoms with Crippen molar-refractivity contribution in [2.45, 2.75) is 6.92 Å². The molecule has 0 aliphatic carbocycles. The molecule has 0 fully saturated rings. The Morgan fingerprint density at radius 3 is 2.71 bits per heavy atom. The molecule has 1 heterocycles. The molecule has 0 saturated carbocycles. The van der Waals surface area contributed by atoms with Gasteiger partial charge in [-0.15, -0.1) is 11.3 Å². The lowest BCUT2D eigenvalue weighted by Gasteiger charge is -2.02. The molecule has 1 amide bonds. The summed E-state index contributed by atoms with van der Waals surface area (Å²) in [6.07, 6.45) is 0. The Bertz CT molecular complexity index is 373. The third-order valence-electron chi connectivity index (χ3n) is 1.45. The van der Waals surface area contributed by atoms with Gasteiger partial charge in [0, 0.05) is 6.54 Å². The van der Waals surface area contributed by atoms with Gasteiger partial charge in [0.2, 0.25) is 0 Å². The van der Waals surface area contributed by atoms with E-state index in [0.717, 1.165) is 13.1 Å². The summed E-state index contributed by atoms with van der Waals surface area (Å²) in [5.41, 5.74) is 1.59. The smallest absolute Gasteiger partial charge is 0.253 e. The molecule has 0 bridgehead atoms. The van der Waals surface area contributed by atoms with Crippen LogP contribution in [0.15, 0.2) is 25.8 Å². The monoisotopic (exact) mass is 337 g/mol. The maximum absolute atomic E-state index is 11.6. The lowest BCUT2D eigenvalue weighted by atomic mass is 10.3. The fraction of sp³-hybridized carbons (Fsp3) is 0.222. The molecule has 0 unspecified atom stereocenters. The van der Waals surface area contributed by atoms with Crippen molar-refractivity contribution in [3.63, 3.8) is 0 Å². The highest BCUT2D eigenvalue weighted by atomic mass is 79.9. The SMILES string of the molecule is C=C(C)CNC(=O)c1cc(Br)sc1Br. The van der Waals surface area contributed by atoms with Gasteiger partial charge in [-0.05, 0) is 44.8 Å². The highest BCUT2D eigenvalue weighted by Crippen LogP contribution is 2.31. The van der Waals surface area contributed by atoms with E-state index in [9.17, 15) is 4.79 Å². The summed E-state index contributed by atoms with van der Waals surface area (Å²) in [7, 11) is 0. The van der Waals surface area contributed by atoms with Gasteiger partial charge < -0.3 is 5.32 Å². The molecule has 14 heavy (non-hydrogen) atoms. The average Bonchev–Trinajstić information content (AvgIpc) is 2.41. The van der Waals surface area contributed by atoms with Gasteiger partial charge in [-0.3, -0.25) is 4.79 Å². The van der Waals surface area contributed by atoms with Crippen molar-refractivity contribution in [1.29, 1.82) is 0 Å². The van der Waals surface area contributed by atoms with Crippen LogP contribution >= 0.6 is 43.2 Å². The first-order valence-corrected chi connectivity index (χ1v) is 6.28. The number of amides is 1. The Balaban J connectivity index is 2.69. The molecule has 76 valence electrons. The van der Waals surface area contributed by atoms with Crippen molar-refractivity contribution in [3.05, 3.63) is 31.4 Å². The van der Waals surface area contributed by atoms with Gasteiger partial charge in [0.15, 0.2) is 0 Å². The van der Waals surface area contributed by atoms with Crippen LogP contribution in [0.4, 0.5) is 0 Å². The van der Waals surface area contributed by atoms with E-state index in [0.29, 0.717) is 12.1 Å². The maximum Gasteiger partial charge on any atom is 0.253 e. The van der Waals surface area contributed by atoms with Crippen molar-refractivity contribution in [1.82, 2.24) is 5.32 Å². The molecule has 0 saturated heterocycles. The van der Waals surface area contributed by atoms with Crippen LogP contribution in [-0.4, -0.2) is 12.5 Å². The van der Waals surface area contributed by atoms with Gasteiger partial charge in [0.05, 0.1) is 13.1 Å². The molecule has 0 spiro atoms. The van der Waals surface area contributed by atoms with E-state index in [4.69, 9.17) is 0 Å². The van der Waals surface area contributed by atoms with E-state index in [2.05, 4.69) is 43.8 Å². The first-order valence-electron chi connectivity index (χ1n) is 3.88. The lowest BCUT2D eigenvalue weighted by molar-refractivity contribution is 0.0957. The van der Waals surface area contributed by atoms with Gasteiger partial charge in [0.25, 0.3) is 5.91 Å². The molecule has 1 rings (SSSR count). The van der Waals surface area contributed by atoms with E-state index >= 15 is 0 Å². The summed E-state index contributed by atoms with van der Waals surface area (Å²) in [6.45, 7) is 6.10. The number of thiophene rings is 1. The summed E-state index contributed by atoms with van der Waals surface area (Å²) in [6, 6.07) is 1.79. The Morgan fingerprint density at radius 1 is 1.64 bits per heavy atom. The van der Waals surface area contributed by atoms with E-state index in [1.807, 2.05) is 6.92 Å². The normalized spacial score (nSPS) is 9.93. The molecule has 5 heteroatoms. The first kappa shape index (κ1) is 11.9. The molecular weight excluding hydrogens is 330 g/mol. The second-order valence-corrected chi connectivity index (χ2v) is 6.63. The fourth-order valence-electron chi connectivity index (χ4n) is 0.821. The standard InChI is InChI=1S/C9H9Br2NOS/c1-5(2)4-12-9(13)6-3-7(10)14-8(6)11/h3H,1,4H2,2H3,(H,12,13). The molecule has 0 atom stereocenters. The van der Waals surface area contributed by atoms with Gasteiger partial charge >= 0.3 is 0 Å². The second-order valence-electron chi connectivity index (χ2n) is 2.88. The topological polar surface area (TPSA) is 29.1 Å². The van der Waals surface area contributed by atoms with E-state index in [1.54, 1.807) is 6.07 Å². The maximum atomic E-state index is 11.6.